The number of primary amides is 1. The van der Waals surface area contributed by atoms with Crippen LogP contribution in [0.1, 0.15) is 36.8 Å². The standard InChI is InChI=1S/C15H19NO2/c1-9(10-5-6-10)14(15(16)17)12-3-2-4-13-11(12)7-8-18-13/h2-4,9-10,14H,5-8H2,1H3,(H2,16,17). The van der Waals surface area contributed by atoms with Crippen LogP contribution >= 0.6 is 0 Å². The second kappa shape index (κ2) is 4.30. The van der Waals surface area contributed by atoms with Gasteiger partial charge >= 0.3 is 0 Å². The number of ether oxygens (including phenoxy) is 1. The number of rotatable bonds is 4. The highest BCUT2D eigenvalue weighted by molar-refractivity contribution is 5.83. The molecule has 18 heavy (non-hydrogen) atoms. The summed E-state index contributed by atoms with van der Waals surface area (Å²) >= 11 is 0. The van der Waals surface area contributed by atoms with Gasteiger partial charge in [-0.15, -0.1) is 0 Å². The predicted octanol–water partition coefficient (Wildman–Crippen LogP) is 2.24. The number of nitrogens with two attached hydrogens (primary N) is 1. The molecular formula is C15H19NO2. The molecule has 3 heteroatoms. The maximum Gasteiger partial charge on any atom is 0.225 e. The summed E-state index contributed by atoms with van der Waals surface area (Å²) in [5, 5.41) is 0. The van der Waals surface area contributed by atoms with Crippen LogP contribution in [-0.4, -0.2) is 12.5 Å². The minimum atomic E-state index is -0.199. The quantitative estimate of drug-likeness (QED) is 0.884. The maximum absolute atomic E-state index is 11.9. The van der Waals surface area contributed by atoms with Crippen molar-refractivity contribution in [2.45, 2.75) is 32.1 Å². The van der Waals surface area contributed by atoms with Crippen LogP contribution < -0.4 is 10.5 Å². The third-order valence-corrected chi connectivity index (χ3v) is 4.31. The van der Waals surface area contributed by atoms with E-state index in [1.54, 1.807) is 0 Å². The zero-order chi connectivity index (χ0) is 12.7. The molecule has 0 spiro atoms. The van der Waals surface area contributed by atoms with E-state index in [0.717, 1.165) is 24.3 Å². The molecule has 2 aliphatic rings. The van der Waals surface area contributed by atoms with Crippen LogP contribution in [0.5, 0.6) is 5.75 Å². The van der Waals surface area contributed by atoms with Gasteiger partial charge in [-0.25, -0.2) is 0 Å². The summed E-state index contributed by atoms with van der Waals surface area (Å²) in [5.74, 6) is 1.58. The number of carbonyl (C=O) groups excluding carboxylic acids is 1. The van der Waals surface area contributed by atoms with E-state index in [1.165, 1.54) is 18.4 Å². The summed E-state index contributed by atoms with van der Waals surface area (Å²) in [5.41, 5.74) is 7.93. The average molecular weight is 245 g/mol. The predicted molar refractivity (Wildman–Crippen MR) is 69.5 cm³/mol. The van der Waals surface area contributed by atoms with Gasteiger partial charge in [0.05, 0.1) is 12.5 Å². The number of amides is 1. The lowest BCUT2D eigenvalue weighted by Gasteiger charge is -2.23. The van der Waals surface area contributed by atoms with E-state index in [0.29, 0.717) is 11.8 Å². The van der Waals surface area contributed by atoms with Crippen molar-refractivity contribution in [1.29, 1.82) is 0 Å². The van der Waals surface area contributed by atoms with E-state index in [-0.39, 0.29) is 11.8 Å². The van der Waals surface area contributed by atoms with Gasteiger partial charge in [0.1, 0.15) is 5.75 Å². The van der Waals surface area contributed by atoms with Crippen molar-refractivity contribution < 1.29 is 9.53 Å². The van der Waals surface area contributed by atoms with E-state index in [4.69, 9.17) is 10.5 Å². The number of fused-ring (bicyclic) bond motifs is 1. The second-order valence-electron chi connectivity index (χ2n) is 5.50. The zero-order valence-corrected chi connectivity index (χ0v) is 10.7. The van der Waals surface area contributed by atoms with Crippen molar-refractivity contribution in [2.75, 3.05) is 6.61 Å². The first-order chi connectivity index (χ1) is 8.68. The van der Waals surface area contributed by atoms with Crippen molar-refractivity contribution >= 4 is 5.91 Å². The number of hydrogen-bond acceptors (Lipinski definition) is 2. The molecule has 1 aliphatic heterocycles. The molecule has 1 aliphatic carbocycles. The maximum atomic E-state index is 11.9. The lowest BCUT2D eigenvalue weighted by molar-refractivity contribution is -0.120. The third-order valence-electron chi connectivity index (χ3n) is 4.31. The summed E-state index contributed by atoms with van der Waals surface area (Å²) in [6.07, 6.45) is 3.36. The first-order valence-corrected chi connectivity index (χ1v) is 6.72. The van der Waals surface area contributed by atoms with Crippen LogP contribution in [0.4, 0.5) is 0 Å². The minimum absolute atomic E-state index is 0.158. The van der Waals surface area contributed by atoms with Crippen molar-refractivity contribution in [3.63, 3.8) is 0 Å². The lowest BCUT2D eigenvalue weighted by Crippen LogP contribution is -2.28. The first kappa shape index (κ1) is 11.6. The highest BCUT2D eigenvalue weighted by atomic mass is 16.5. The van der Waals surface area contributed by atoms with Gasteiger partial charge in [-0.2, -0.15) is 0 Å². The number of hydrogen-bond donors (Lipinski definition) is 1. The normalized spacial score (nSPS) is 20.9. The van der Waals surface area contributed by atoms with Gasteiger partial charge in [0.25, 0.3) is 0 Å². The Kier molecular flexibility index (Phi) is 2.77. The number of carbonyl (C=O) groups is 1. The Morgan fingerprint density at radius 3 is 2.89 bits per heavy atom. The van der Waals surface area contributed by atoms with Gasteiger partial charge in [-0.05, 0) is 36.3 Å². The highest BCUT2D eigenvalue weighted by Gasteiger charge is 2.38. The van der Waals surface area contributed by atoms with Crippen LogP contribution in [0.3, 0.4) is 0 Å². The number of benzene rings is 1. The van der Waals surface area contributed by atoms with Gasteiger partial charge < -0.3 is 10.5 Å². The average Bonchev–Trinajstić information content (AvgIpc) is 3.07. The summed E-state index contributed by atoms with van der Waals surface area (Å²) in [7, 11) is 0. The van der Waals surface area contributed by atoms with Gasteiger partial charge in [0.2, 0.25) is 5.91 Å². The summed E-state index contributed by atoms with van der Waals surface area (Å²) < 4.78 is 5.57. The largest absolute Gasteiger partial charge is 0.493 e. The second-order valence-corrected chi connectivity index (χ2v) is 5.50. The van der Waals surface area contributed by atoms with Crippen molar-refractivity contribution in [3.05, 3.63) is 29.3 Å². The molecule has 2 N–H and O–H groups in total. The van der Waals surface area contributed by atoms with E-state index < -0.39 is 0 Å². The Balaban J connectivity index is 2.00. The molecule has 2 unspecified atom stereocenters. The van der Waals surface area contributed by atoms with Crippen LogP contribution in [0.15, 0.2) is 18.2 Å². The minimum Gasteiger partial charge on any atom is -0.493 e. The monoisotopic (exact) mass is 245 g/mol. The Labute approximate surface area is 107 Å². The van der Waals surface area contributed by atoms with Gasteiger partial charge in [0.15, 0.2) is 0 Å². The molecule has 1 amide bonds. The SMILES string of the molecule is CC(C1CC1)C(C(N)=O)c1cccc2c1CCO2. The van der Waals surface area contributed by atoms with Gasteiger partial charge in [0, 0.05) is 12.0 Å². The molecule has 0 aromatic heterocycles. The first-order valence-electron chi connectivity index (χ1n) is 6.72. The fourth-order valence-electron chi connectivity index (χ4n) is 3.13. The van der Waals surface area contributed by atoms with Crippen LogP contribution in [0.25, 0.3) is 0 Å². The van der Waals surface area contributed by atoms with Crippen molar-refractivity contribution in [2.24, 2.45) is 17.6 Å². The molecule has 3 nitrogen and oxygen atoms in total. The molecule has 2 atom stereocenters. The van der Waals surface area contributed by atoms with Crippen LogP contribution in [-0.2, 0) is 11.2 Å². The molecule has 0 radical (unpaired) electrons. The Hall–Kier alpha value is -1.51. The summed E-state index contributed by atoms with van der Waals surface area (Å²) in [6.45, 7) is 2.87. The topological polar surface area (TPSA) is 52.3 Å². The molecule has 1 heterocycles. The fourth-order valence-corrected chi connectivity index (χ4v) is 3.13. The van der Waals surface area contributed by atoms with E-state index in [1.807, 2.05) is 18.2 Å². The third kappa shape index (κ3) is 1.88. The summed E-state index contributed by atoms with van der Waals surface area (Å²) in [4.78, 5) is 11.9. The molecular weight excluding hydrogens is 226 g/mol. The van der Waals surface area contributed by atoms with E-state index in [2.05, 4.69) is 6.92 Å². The van der Waals surface area contributed by atoms with Gasteiger partial charge in [-0.3, -0.25) is 4.79 Å². The van der Waals surface area contributed by atoms with E-state index in [9.17, 15) is 4.79 Å². The zero-order valence-electron chi connectivity index (χ0n) is 10.7. The lowest BCUT2D eigenvalue weighted by atomic mass is 9.81. The van der Waals surface area contributed by atoms with Crippen LogP contribution in [0.2, 0.25) is 0 Å². The van der Waals surface area contributed by atoms with Crippen molar-refractivity contribution in [3.8, 4) is 5.75 Å². The molecule has 0 saturated heterocycles. The van der Waals surface area contributed by atoms with Gasteiger partial charge in [-0.1, -0.05) is 19.1 Å². The Morgan fingerprint density at radius 2 is 2.22 bits per heavy atom. The molecule has 1 fully saturated rings. The van der Waals surface area contributed by atoms with Crippen LogP contribution in [0, 0.1) is 11.8 Å². The smallest absolute Gasteiger partial charge is 0.225 e. The Bertz CT molecular complexity index is 479. The fraction of sp³-hybridized carbons (Fsp3) is 0.533. The molecule has 0 bridgehead atoms. The molecule has 96 valence electrons. The van der Waals surface area contributed by atoms with Crippen molar-refractivity contribution in [1.82, 2.24) is 0 Å². The molecule has 1 aromatic rings. The summed E-state index contributed by atoms with van der Waals surface area (Å²) in [6, 6.07) is 5.99. The Morgan fingerprint density at radius 1 is 1.44 bits per heavy atom. The molecule has 1 saturated carbocycles. The highest BCUT2D eigenvalue weighted by Crippen LogP contribution is 2.45. The van der Waals surface area contributed by atoms with E-state index >= 15 is 0 Å². The molecule has 3 rings (SSSR count). The molecule has 1 aromatic carbocycles.